The van der Waals surface area contributed by atoms with Gasteiger partial charge in [-0.05, 0) is 36.6 Å². The van der Waals surface area contributed by atoms with E-state index in [-0.39, 0.29) is 5.56 Å². The maximum absolute atomic E-state index is 11.3. The van der Waals surface area contributed by atoms with Gasteiger partial charge in [0.25, 0.3) is 5.56 Å². The maximum Gasteiger partial charge on any atom is 0.251 e. The molecule has 0 aliphatic heterocycles. The number of benzene rings is 1. The van der Waals surface area contributed by atoms with Gasteiger partial charge in [-0.1, -0.05) is 23.4 Å². The van der Waals surface area contributed by atoms with Gasteiger partial charge in [-0.25, -0.2) is 4.98 Å². The summed E-state index contributed by atoms with van der Waals surface area (Å²) in [5.41, 5.74) is 0.982. The Bertz CT molecular complexity index is 669. The van der Waals surface area contributed by atoms with Crippen LogP contribution in [-0.4, -0.2) is 16.0 Å². The van der Waals surface area contributed by atoms with Crippen molar-refractivity contribution in [1.82, 2.24) is 15.3 Å². The number of hydrogen-bond acceptors (Lipinski definition) is 4. The van der Waals surface area contributed by atoms with Crippen molar-refractivity contribution in [2.24, 2.45) is 0 Å². The number of H-pyrrole nitrogens is 1. The van der Waals surface area contributed by atoms with Crippen molar-refractivity contribution in [2.45, 2.75) is 35.5 Å². The molecule has 0 spiro atoms. The average molecular weight is 308 g/mol. The van der Waals surface area contributed by atoms with Crippen LogP contribution >= 0.6 is 23.4 Å². The molecule has 3 rings (SSSR count). The Morgan fingerprint density at radius 2 is 2.25 bits per heavy atom. The molecule has 1 aromatic carbocycles. The van der Waals surface area contributed by atoms with E-state index in [2.05, 4.69) is 15.3 Å². The van der Waals surface area contributed by atoms with Crippen molar-refractivity contribution in [2.75, 3.05) is 0 Å². The van der Waals surface area contributed by atoms with E-state index < -0.39 is 0 Å². The normalized spacial score (nSPS) is 14.4. The first-order chi connectivity index (χ1) is 9.70. The molecule has 1 aliphatic carbocycles. The predicted molar refractivity (Wildman–Crippen MR) is 80.3 cm³/mol. The van der Waals surface area contributed by atoms with Crippen LogP contribution in [0.15, 0.2) is 45.3 Å². The second kappa shape index (κ2) is 5.99. The number of nitrogens with zero attached hydrogens (tertiary/aromatic N) is 1. The minimum atomic E-state index is -0.144. The van der Waals surface area contributed by atoms with E-state index in [1.165, 1.54) is 36.9 Å². The molecule has 0 bridgehead atoms. The lowest BCUT2D eigenvalue weighted by atomic mass is 10.2. The molecule has 1 aliphatic rings. The summed E-state index contributed by atoms with van der Waals surface area (Å²) in [7, 11) is 0. The Balaban J connectivity index is 1.81. The van der Waals surface area contributed by atoms with E-state index in [4.69, 9.17) is 11.6 Å². The molecule has 0 saturated heterocycles. The first kappa shape index (κ1) is 13.7. The molecule has 0 amide bonds. The van der Waals surface area contributed by atoms with Gasteiger partial charge in [0.15, 0.2) is 5.16 Å². The van der Waals surface area contributed by atoms with Gasteiger partial charge in [-0.2, -0.15) is 0 Å². The first-order valence-electron chi connectivity index (χ1n) is 6.46. The fourth-order valence-corrected chi connectivity index (χ4v) is 2.90. The van der Waals surface area contributed by atoms with Crippen molar-refractivity contribution in [3.63, 3.8) is 0 Å². The molecule has 1 saturated carbocycles. The van der Waals surface area contributed by atoms with E-state index in [0.717, 1.165) is 22.0 Å². The topological polar surface area (TPSA) is 57.8 Å². The minimum absolute atomic E-state index is 0.144. The zero-order valence-electron chi connectivity index (χ0n) is 10.7. The monoisotopic (exact) mass is 307 g/mol. The van der Waals surface area contributed by atoms with Crippen LogP contribution in [0.5, 0.6) is 0 Å². The lowest BCUT2D eigenvalue weighted by molar-refractivity contribution is 0.680. The van der Waals surface area contributed by atoms with Gasteiger partial charge in [0.2, 0.25) is 0 Å². The van der Waals surface area contributed by atoms with Crippen molar-refractivity contribution in [3.05, 3.63) is 51.4 Å². The Morgan fingerprint density at radius 3 is 3.00 bits per heavy atom. The summed E-state index contributed by atoms with van der Waals surface area (Å²) < 4.78 is 0. The maximum atomic E-state index is 11.3. The highest BCUT2D eigenvalue weighted by atomic mass is 35.5. The fourth-order valence-electron chi connectivity index (χ4n) is 1.84. The van der Waals surface area contributed by atoms with Crippen molar-refractivity contribution >= 4 is 23.4 Å². The fraction of sp³-hybridized carbons (Fsp3) is 0.286. The molecule has 6 heteroatoms. The van der Waals surface area contributed by atoms with Crippen molar-refractivity contribution in [1.29, 1.82) is 0 Å². The van der Waals surface area contributed by atoms with Gasteiger partial charge in [0.05, 0.1) is 0 Å². The van der Waals surface area contributed by atoms with Crippen LogP contribution in [0.25, 0.3) is 0 Å². The molecule has 0 unspecified atom stereocenters. The lowest BCUT2D eigenvalue weighted by Gasteiger charge is -2.10. The Labute approximate surface area is 126 Å². The highest BCUT2D eigenvalue weighted by Gasteiger charge is 2.20. The molecular formula is C14H14ClN3OS. The highest BCUT2D eigenvalue weighted by Crippen LogP contribution is 2.30. The van der Waals surface area contributed by atoms with Gasteiger partial charge in [-0.15, -0.1) is 0 Å². The number of aromatic nitrogens is 2. The summed E-state index contributed by atoms with van der Waals surface area (Å²) in [6.45, 7) is 0.782. The molecule has 2 N–H and O–H groups in total. The van der Waals surface area contributed by atoms with E-state index in [1.54, 1.807) is 0 Å². The van der Waals surface area contributed by atoms with E-state index >= 15 is 0 Å². The SMILES string of the molecule is O=c1ccnc(Sc2ccc(Cl)cc2CNC2CC2)[nH]1. The Morgan fingerprint density at radius 1 is 1.40 bits per heavy atom. The Kier molecular flexibility index (Phi) is 4.10. The van der Waals surface area contributed by atoms with Crippen LogP contribution in [0.4, 0.5) is 0 Å². The molecule has 1 fully saturated rings. The molecule has 1 heterocycles. The van der Waals surface area contributed by atoms with Crippen LogP contribution in [0.2, 0.25) is 5.02 Å². The van der Waals surface area contributed by atoms with Gasteiger partial charge < -0.3 is 10.3 Å². The van der Waals surface area contributed by atoms with Crippen LogP contribution in [0, 0.1) is 0 Å². The summed E-state index contributed by atoms with van der Waals surface area (Å²) >= 11 is 7.51. The molecule has 4 nitrogen and oxygen atoms in total. The summed E-state index contributed by atoms with van der Waals surface area (Å²) in [6.07, 6.45) is 4.01. The standard InChI is InChI=1S/C14H14ClN3OS/c15-10-1-4-12(9(7-10)8-17-11-2-3-11)20-14-16-6-5-13(19)18-14/h1,4-7,11,17H,2-3,8H2,(H,16,18,19). The van der Waals surface area contributed by atoms with Crippen molar-refractivity contribution in [3.8, 4) is 0 Å². The quantitative estimate of drug-likeness (QED) is 0.834. The molecule has 20 heavy (non-hydrogen) atoms. The van der Waals surface area contributed by atoms with E-state index in [0.29, 0.717) is 11.2 Å². The van der Waals surface area contributed by atoms with Crippen LogP contribution in [-0.2, 0) is 6.54 Å². The summed E-state index contributed by atoms with van der Waals surface area (Å²) in [6, 6.07) is 7.82. The molecule has 1 aromatic heterocycles. The number of hydrogen-bond donors (Lipinski definition) is 2. The molecule has 0 radical (unpaired) electrons. The summed E-state index contributed by atoms with van der Waals surface area (Å²) in [4.78, 5) is 19.2. The largest absolute Gasteiger partial charge is 0.310 e. The third-order valence-electron chi connectivity index (χ3n) is 3.04. The lowest BCUT2D eigenvalue weighted by Crippen LogP contribution is -2.15. The molecule has 0 atom stereocenters. The minimum Gasteiger partial charge on any atom is -0.310 e. The zero-order chi connectivity index (χ0) is 13.9. The average Bonchev–Trinajstić information content (AvgIpc) is 3.23. The highest BCUT2D eigenvalue weighted by molar-refractivity contribution is 7.99. The number of halogens is 1. The van der Waals surface area contributed by atoms with Crippen LogP contribution in [0.3, 0.4) is 0 Å². The first-order valence-corrected chi connectivity index (χ1v) is 7.65. The molecule has 104 valence electrons. The second-order valence-electron chi connectivity index (χ2n) is 4.75. The smallest absolute Gasteiger partial charge is 0.251 e. The van der Waals surface area contributed by atoms with Gasteiger partial charge in [-0.3, -0.25) is 4.79 Å². The zero-order valence-corrected chi connectivity index (χ0v) is 12.3. The second-order valence-corrected chi connectivity index (χ2v) is 6.22. The van der Waals surface area contributed by atoms with Gasteiger partial charge >= 0.3 is 0 Å². The summed E-state index contributed by atoms with van der Waals surface area (Å²) in [5.74, 6) is 0. The van der Waals surface area contributed by atoms with E-state index in [9.17, 15) is 4.79 Å². The predicted octanol–water partition coefficient (Wildman–Crippen LogP) is 2.83. The third kappa shape index (κ3) is 3.62. The number of aromatic amines is 1. The van der Waals surface area contributed by atoms with Gasteiger partial charge in [0.1, 0.15) is 0 Å². The summed E-state index contributed by atoms with van der Waals surface area (Å²) in [5, 5.41) is 4.78. The van der Waals surface area contributed by atoms with Crippen LogP contribution in [0.1, 0.15) is 18.4 Å². The van der Waals surface area contributed by atoms with Crippen LogP contribution < -0.4 is 10.9 Å². The van der Waals surface area contributed by atoms with Gasteiger partial charge in [0, 0.05) is 34.8 Å². The third-order valence-corrected chi connectivity index (χ3v) is 4.29. The van der Waals surface area contributed by atoms with Crippen molar-refractivity contribution < 1.29 is 0 Å². The van der Waals surface area contributed by atoms with E-state index in [1.807, 2.05) is 18.2 Å². The molecule has 2 aromatic rings. The number of nitrogens with one attached hydrogen (secondary N) is 2. The Hall–Kier alpha value is -1.30. The molecular weight excluding hydrogens is 294 g/mol. The number of rotatable bonds is 5.